The normalized spacial score (nSPS) is 18.9. The Hall–Kier alpha value is -0.770. The smallest absolute Gasteiger partial charge is 0.119 e. The molecule has 2 rings (SSSR count). The van der Waals surface area contributed by atoms with Gasteiger partial charge in [0.1, 0.15) is 12.4 Å². The predicted molar refractivity (Wildman–Crippen MR) is 84.7 cm³/mol. The van der Waals surface area contributed by atoms with Gasteiger partial charge in [-0.3, -0.25) is 4.90 Å². The lowest BCUT2D eigenvalue weighted by atomic mass is 10.2. The molecule has 1 N–H and O–H groups in total. The molecule has 1 fully saturated rings. The van der Waals surface area contributed by atoms with E-state index in [0.29, 0.717) is 18.7 Å². The molecule has 1 aliphatic heterocycles. The number of hydrogen-bond donors (Lipinski definition) is 1. The lowest BCUT2D eigenvalue weighted by Gasteiger charge is -2.29. The predicted octanol–water partition coefficient (Wildman–Crippen LogP) is 3.18. The van der Waals surface area contributed by atoms with Crippen molar-refractivity contribution in [3.05, 3.63) is 29.3 Å². The van der Waals surface area contributed by atoms with Crippen molar-refractivity contribution in [3.8, 4) is 5.75 Å². The van der Waals surface area contributed by atoms with Crippen LogP contribution < -0.4 is 10.1 Å². The third kappa shape index (κ3) is 4.97. The summed E-state index contributed by atoms with van der Waals surface area (Å²) in [5, 5.41) is 4.30. The summed E-state index contributed by atoms with van der Waals surface area (Å²) >= 11 is 5.86. The van der Waals surface area contributed by atoms with Gasteiger partial charge in [-0.15, -0.1) is 0 Å². The first-order valence-electron chi connectivity index (χ1n) is 7.51. The highest BCUT2D eigenvalue weighted by molar-refractivity contribution is 6.30. The van der Waals surface area contributed by atoms with Gasteiger partial charge in [-0.2, -0.15) is 0 Å². The molecule has 0 spiro atoms. The minimum atomic E-state index is 0.547. The molecule has 4 heteroatoms. The maximum Gasteiger partial charge on any atom is 0.119 e. The molecular weight excluding hydrogens is 272 g/mol. The van der Waals surface area contributed by atoms with Crippen LogP contribution in [0, 0.1) is 0 Å². The van der Waals surface area contributed by atoms with Crippen LogP contribution >= 0.6 is 11.6 Å². The van der Waals surface area contributed by atoms with E-state index in [9.17, 15) is 0 Å². The van der Waals surface area contributed by atoms with E-state index in [-0.39, 0.29) is 0 Å². The van der Waals surface area contributed by atoms with Crippen molar-refractivity contribution in [1.29, 1.82) is 0 Å². The van der Waals surface area contributed by atoms with Crippen LogP contribution in [0.2, 0.25) is 5.02 Å². The zero-order chi connectivity index (χ0) is 14.4. The van der Waals surface area contributed by atoms with Crippen molar-refractivity contribution in [1.82, 2.24) is 10.2 Å². The van der Waals surface area contributed by atoms with Gasteiger partial charge < -0.3 is 10.1 Å². The highest BCUT2D eigenvalue weighted by Gasteiger charge is 2.19. The van der Waals surface area contributed by atoms with Crippen LogP contribution in [0.15, 0.2) is 24.3 Å². The summed E-state index contributed by atoms with van der Waals surface area (Å²) in [5.41, 5.74) is 0. The lowest BCUT2D eigenvalue weighted by Crippen LogP contribution is -2.43. The highest BCUT2D eigenvalue weighted by atomic mass is 35.5. The van der Waals surface area contributed by atoms with Crippen molar-refractivity contribution in [2.45, 2.75) is 38.8 Å². The fraction of sp³-hybridized carbons (Fsp3) is 0.625. The Morgan fingerprint density at radius 2 is 2.10 bits per heavy atom. The summed E-state index contributed by atoms with van der Waals surface area (Å²) in [7, 11) is 0. The zero-order valence-corrected chi connectivity index (χ0v) is 13.2. The molecule has 1 saturated heterocycles. The molecule has 0 saturated carbocycles. The summed E-state index contributed by atoms with van der Waals surface area (Å²) in [4.78, 5) is 2.49. The zero-order valence-electron chi connectivity index (χ0n) is 12.4. The standard InChI is InChI=1S/C16H25ClN2O/c1-13(2)19(12-15-4-3-9-18-15)10-11-20-16-7-5-14(17)6-8-16/h5-8,13,15,18H,3-4,9-12H2,1-2H3. The molecule has 112 valence electrons. The topological polar surface area (TPSA) is 24.5 Å². The Labute approximate surface area is 127 Å². The Bertz CT molecular complexity index is 388. The number of hydrogen-bond acceptors (Lipinski definition) is 3. The second-order valence-electron chi connectivity index (χ2n) is 5.68. The lowest BCUT2D eigenvalue weighted by molar-refractivity contribution is 0.164. The van der Waals surface area contributed by atoms with E-state index < -0.39 is 0 Å². The number of benzene rings is 1. The summed E-state index contributed by atoms with van der Waals surface area (Å²) in [6, 6.07) is 8.75. The van der Waals surface area contributed by atoms with Crippen LogP contribution in [0.5, 0.6) is 5.75 Å². The third-order valence-corrected chi connectivity index (χ3v) is 4.06. The summed E-state index contributed by atoms with van der Waals surface area (Å²) < 4.78 is 5.79. The van der Waals surface area contributed by atoms with Crippen LogP contribution in [0.3, 0.4) is 0 Å². The van der Waals surface area contributed by atoms with E-state index in [1.807, 2.05) is 24.3 Å². The van der Waals surface area contributed by atoms with Crippen molar-refractivity contribution < 1.29 is 4.74 Å². The van der Waals surface area contributed by atoms with Gasteiger partial charge in [0, 0.05) is 30.2 Å². The van der Waals surface area contributed by atoms with Gasteiger partial charge >= 0.3 is 0 Å². The molecule has 0 aliphatic carbocycles. The van der Waals surface area contributed by atoms with Crippen molar-refractivity contribution >= 4 is 11.6 Å². The molecule has 3 nitrogen and oxygen atoms in total. The molecule has 0 bridgehead atoms. The number of rotatable bonds is 7. The average molecular weight is 297 g/mol. The maximum absolute atomic E-state index is 5.86. The Balaban J connectivity index is 1.75. The molecule has 20 heavy (non-hydrogen) atoms. The number of halogens is 1. The number of nitrogens with zero attached hydrogens (tertiary/aromatic N) is 1. The molecule has 0 aromatic heterocycles. The first-order chi connectivity index (χ1) is 9.65. The molecule has 1 heterocycles. The molecule has 1 aromatic carbocycles. The Morgan fingerprint density at radius 3 is 2.70 bits per heavy atom. The van der Waals surface area contributed by atoms with Gasteiger partial charge in [0.15, 0.2) is 0 Å². The second-order valence-corrected chi connectivity index (χ2v) is 6.12. The van der Waals surface area contributed by atoms with Crippen LogP contribution in [0.1, 0.15) is 26.7 Å². The van der Waals surface area contributed by atoms with Gasteiger partial charge in [-0.05, 0) is 57.5 Å². The van der Waals surface area contributed by atoms with E-state index in [0.717, 1.165) is 30.4 Å². The fourth-order valence-corrected chi connectivity index (χ4v) is 2.69. The SMILES string of the molecule is CC(C)N(CCOc1ccc(Cl)cc1)CC1CCCN1. The van der Waals surface area contributed by atoms with Gasteiger partial charge in [0.25, 0.3) is 0 Å². The number of nitrogens with one attached hydrogen (secondary N) is 1. The van der Waals surface area contributed by atoms with Crippen molar-refractivity contribution in [2.75, 3.05) is 26.2 Å². The van der Waals surface area contributed by atoms with E-state index in [1.54, 1.807) is 0 Å². The van der Waals surface area contributed by atoms with Gasteiger partial charge in [-0.1, -0.05) is 11.6 Å². The summed E-state index contributed by atoms with van der Waals surface area (Å²) in [6.07, 6.45) is 2.60. The van der Waals surface area contributed by atoms with Gasteiger partial charge in [-0.25, -0.2) is 0 Å². The minimum absolute atomic E-state index is 0.547. The Morgan fingerprint density at radius 1 is 1.35 bits per heavy atom. The van der Waals surface area contributed by atoms with Crippen LogP contribution in [0.25, 0.3) is 0 Å². The molecule has 1 unspecified atom stereocenters. The maximum atomic E-state index is 5.86. The molecular formula is C16H25ClN2O. The highest BCUT2D eigenvalue weighted by Crippen LogP contribution is 2.15. The molecule has 1 atom stereocenters. The average Bonchev–Trinajstić information content (AvgIpc) is 2.92. The van der Waals surface area contributed by atoms with Crippen LogP contribution in [-0.2, 0) is 0 Å². The first-order valence-corrected chi connectivity index (χ1v) is 7.89. The van der Waals surface area contributed by atoms with Crippen LogP contribution in [-0.4, -0.2) is 43.2 Å². The first kappa shape index (κ1) is 15.6. The number of ether oxygens (including phenoxy) is 1. The van der Waals surface area contributed by atoms with Crippen molar-refractivity contribution in [3.63, 3.8) is 0 Å². The molecule has 1 aromatic rings. The van der Waals surface area contributed by atoms with E-state index in [4.69, 9.17) is 16.3 Å². The molecule has 0 radical (unpaired) electrons. The fourth-order valence-electron chi connectivity index (χ4n) is 2.57. The monoisotopic (exact) mass is 296 g/mol. The summed E-state index contributed by atoms with van der Waals surface area (Å²) in [5.74, 6) is 0.886. The van der Waals surface area contributed by atoms with Gasteiger partial charge in [0.05, 0.1) is 0 Å². The van der Waals surface area contributed by atoms with E-state index in [1.165, 1.54) is 12.8 Å². The third-order valence-electron chi connectivity index (χ3n) is 3.81. The largest absolute Gasteiger partial charge is 0.492 e. The van der Waals surface area contributed by atoms with Crippen molar-refractivity contribution in [2.24, 2.45) is 0 Å². The quantitative estimate of drug-likeness (QED) is 0.836. The minimum Gasteiger partial charge on any atom is -0.492 e. The Kier molecular flexibility index (Phi) is 6.14. The summed E-state index contributed by atoms with van der Waals surface area (Å²) in [6.45, 7) is 8.44. The van der Waals surface area contributed by atoms with E-state index in [2.05, 4.69) is 24.1 Å². The molecule has 0 amide bonds. The van der Waals surface area contributed by atoms with Gasteiger partial charge in [0.2, 0.25) is 0 Å². The van der Waals surface area contributed by atoms with E-state index >= 15 is 0 Å². The second kappa shape index (κ2) is 7.87. The van der Waals surface area contributed by atoms with Crippen LogP contribution in [0.4, 0.5) is 0 Å². The molecule has 1 aliphatic rings.